The molecule has 0 radical (unpaired) electrons. The lowest BCUT2D eigenvalue weighted by atomic mass is 10.1. The third-order valence-electron chi connectivity index (χ3n) is 3.40. The van der Waals surface area contributed by atoms with E-state index in [0.717, 1.165) is 12.1 Å². The van der Waals surface area contributed by atoms with Gasteiger partial charge in [0, 0.05) is 12.1 Å². The average Bonchev–Trinajstić information content (AvgIpc) is 2.49. The number of hydrogen-bond donors (Lipinski definition) is 2. The van der Waals surface area contributed by atoms with Crippen LogP contribution in [0.3, 0.4) is 0 Å². The molecule has 13 heavy (non-hydrogen) atoms. The van der Waals surface area contributed by atoms with E-state index in [1.165, 1.54) is 58.0 Å². The Morgan fingerprint density at radius 2 is 1.46 bits per heavy atom. The van der Waals surface area contributed by atoms with Gasteiger partial charge in [0.2, 0.25) is 0 Å². The Morgan fingerprint density at radius 3 is 2.31 bits per heavy atom. The lowest BCUT2D eigenvalue weighted by Crippen LogP contribution is -2.37. The quantitative estimate of drug-likeness (QED) is 0.678. The van der Waals surface area contributed by atoms with E-state index in [0.29, 0.717) is 0 Å². The molecule has 1 saturated carbocycles. The molecule has 2 rings (SSSR count). The van der Waals surface area contributed by atoms with Crippen molar-refractivity contribution in [2.75, 3.05) is 13.1 Å². The molecule has 0 bridgehead atoms. The van der Waals surface area contributed by atoms with Gasteiger partial charge in [-0.25, -0.2) is 0 Å². The van der Waals surface area contributed by atoms with Crippen LogP contribution in [0.4, 0.5) is 0 Å². The van der Waals surface area contributed by atoms with Crippen molar-refractivity contribution in [1.82, 2.24) is 10.6 Å². The molecule has 1 saturated heterocycles. The van der Waals surface area contributed by atoms with Crippen LogP contribution in [0.2, 0.25) is 0 Å². The summed E-state index contributed by atoms with van der Waals surface area (Å²) >= 11 is 0. The minimum absolute atomic E-state index is 0.804. The second-order valence-corrected chi connectivity index (χ2v) is 4.53. The minimum Gasteiger partial charge on any atom is -0.317 e. The third-order valence-corrected chi connectivity index (χ3v) is 3.40. The second-order valence-electron chi connectivity index (χ2n) is 4.53. The molecule has 2 N–H and O–H groups in total. The molecule has 0 spiro atoms. The van der Waals surface area contributed by atoms with Gasteiger partial charge in [-0.15, -0.1) is 0 Å². The van der Waals surface area contributed by atoms with E-state index < -0.39 is 0 Å². The summed E-state index contributed by atoms with van der Waals surface area (Å²) in [7, 11) is 0. The van der Waals surface area contributed by atoms with Gasteiger partial charge < -0.3 is 10.6 Å². The predicted molar refractivity (Wildman–Crippen MR) is 55.9 cm³/mol. The standard InChI is InChI=1S/C11H22N2/c1-2-5-10(4-1)13-11-6-3-8-12-9-7-11/h10-13H,1-9H2. The maximum absolute atomic E-state index is 3.82. The monoisotopic (exact) mass is 182 g/mol. The van der Waals surface area contributed by atoms with Crippen LogP contribution in [0.1, 0.15) is 44.9 Å². The highest BCUT2D eigenvalue weighted by Gasteiger charge is 2.19. The molecule has 1 atom stereocenters. The van der Waals surface area contributed by atoms with Crippen LogP contribution < -0.4 is 10.6 Å². The van der Waals surface area contributed by atoms with E-state index >= 15 is 0 Å². The molecule has 0 aromatic carbocycles. The molecule has 2 fully saturated rings. The first-order chi connectivity index (χ1) is 6.45. The molecule has 2 heteroatoms. The minimum atomic E-state index is 0.804. The highest BCUT2D eigenvalue weighted by atomic mass is 15.0. The molecule has 0 aromatic heterocycles. The molecule has 2 aliphatic rings. The first-order valence-corrected chi connectivity index (χ1v) is 5.92. The largest absolute Gasteiger partial charge is 0.317 e. The summed E-state index contributed by atoms with van der Waals surface area (Å²) in [5, 5.41) is 7.28. The second kappa shape index (κ2) is 4.97. The Labute approximate surface area is 81.5 Å². The molecular weight excluding hydrogens is 160 g/mol. The SMILES string of the molecule is C1CCC(NC2CCCNCC2)C1. The van der Waals surface area contributed by atoms with E-state index in [4.69, 9.17) is 0 Å². The molecule has 1 aliphatic carbocycles. The fourth-order valence-electron chi connectivity index (χ4n) is 2.61. The van der Waals surface area contributed by atoms with Crippen molar-refractivity contribution in [3.8, 4) is 0 Å². The van der Waals surface area contributed by atoms with Gasteiger partial charge in [-0.3, -0.25) is 0 Å². The van der Waals surface area contributed by atoms with Crippen molar-refractivity contribution in [3.63, 3.8) is 0 Å². The van der Waals surface area contributed by atoms with Crippen LogP contribution in [0.25, 0.3) is 0 Å². The van der Waals surface area contributed by atoms with Crippen molar-refractivity contribution < 1.29 is 0 Å². The Hall–Kier alpha value is -0.0800. The van der Waals surface area contributed by atoms with Gasteiger partial charge in [-0.2, -0.15) is 0 Å². The van der Waals surface area contributed by atoms with E-state index in [1.54, 1.807) is 0 Å². The van der Waals surface area contributed by atoms with Gasteiger partial charge in [0.1, 0.15) is 0 Å². The van der Waals surface area contributed by atoms with Gasteiger partial charge in [0.05, 0.1) is 0 Å². The average molecular weight is 182 g/mol. The maximum Gasteiger partial charge on any atom is 0.00822 e. The smallest absolute Gasteiger partial charge is 0.00822 e. The maximum atomic E-state index is 3.82. The van der Waals surface area contributed by atoms with Crippen LogP contribution in [0, 0.1) is 0 Å². The highest BCUT2D eigenvalue weighted by molar-refractivity contribution is 4.80. The Morgan fingerprint density at radius 1 is 0.769 bits per heavy atom. The van der Waals surface area contributed by atoms with Crippen LogP contribution in [0.15, 0.2) is 0 Å². The van der Waals surface area contributed by atoms with Crippen molar-refractivity contribution in [2.24, 2.45) is 0 Å². The van der Waals surface area contributed by atoms with Crippen molar-refractivity contribution in [3.05, 3.63) is 0 Å². The van der Waals surface area contributed by atoms with E-state index in [9.17, 15) is 0 Å². The van der Waals surface area contributed by atoms with Crippen molar-refractivity contribution in [2.45, 2.75) is 57.0 Å². The molecule has 0 amide bonds. The number of rotatable bonds is 2. The third kappa shape index (κ3) is 2.96. The molecular formula is C11H22N2. The van der Waals surface area contributed by atoms with Gasteiger partial charge >= 0.3 is 0 Å². The van der Waals surface area contributed by atoms with E-state index in [1.807, 2.05) is 0 Å². The van der Waals surface area contributed by atoms with E-state index in [-0.39, 0.29) is 0 Å². The molecule has 0 aromatic rings. The molecule has 1 unspecified atom stereocenters. The summed E-state index contributed by atoms with van der Waals surface area (Å²) in [5.41, 5.74) is 0. The molecule has 1 aliphatic heterocycles. The topological polar surface area (TPSA) is 24.1 Å². The molecule has 2 nitrogen and oxygen atoms in total. The highest BCUT2D eigenvalue weighted by Crippen LogP contribution is 2.19. The summed E-state index contributed by atoms with van der Waals surface area (Å²) in [6, 6.07) is 1.65. The number of hydrogen-bond acceptors (Lipinski definition) is 2. The lowest BCUT2D eigenvalue weighted by Gasteiger charge is -2.20. The fraction of sp³-hybridized carbons (Fsp3) is 1.00. The van der Waals surface area contributed by atoms with Crippen LogP contribution in [-0.4, -0.2) is 25.2 Å². The number of nitrogens with one attached hydrogen (secondary N) is 2. The summed E-state index contributed by atoms with van der Waals surface area (Å²) in [4.78, 5) is 0. The first-order valence-electron chi connectivity index (χ1n) is 5.92. The summed E-state index contributed by atoms with van der Waals surface area (Å²) < 4.78 is 0. The molecule has 76 valence electrons. The van der Waals surface area contributed by atoms with Gasteiger partial charge in [0.25, 0.3) is 0 Å². The molecule has 1 heterocycles. The van der Waals surface area contributed by atoms with Crippen molar-refractivity contribution in [1.29, 1.82) is 0 Å². The zero-order valence-electron chi connectivity index (χ0n) is 8.52. The Balaban J connectivity index is 1.71. The van der Waals surface area contributed by atoms with E-state index in [2.05, 4.69) is 10.6 Å². The summed E-state index contributed by atoms with van der Waals surface area (Å²) in [6.45, 7) is 2.44. The van der Waals surface area contributed by atoms with Crippen LogP contribution in [0.5, 0.6) is 0 Å². The lowest BCUT2D eigenvalue weighted by molar-refractivity contribution is 0.402. The van der Waals surface area contributed by atoms with Gasteiger partial charge in [0.15, 0.2) is 0 Å². The first kappa shape index (κ1) is 9.47. The van der Waals surface area contributed by atoms with Crippen molar-refractivity contribution >= 4 is 0 Å². The zero-order valence-corrected chi connectivity index (χ0v) is 8.52. The zero-order chi connectivity index (χ0) is 8.93. The van der Waals surface area contributed by atoms with Gasteiger partial charge in [-0.05, 0) is 45.2 Å². The van der Waals surface area contributed by atoms with Crippen LogP contribution in [-0.2, 0) is 0 Å². The van der Waals surface area contributed by atoms with Gasteiger partial charge in [-0.1, -0.05) is 12.8 Å². The summed E-state index contributed by atoms with van der Waals surface area (Å²) in [6.07, 6.45) is 9.80. The fourth-order valence-corrected chi connectivity index (χ4v) is 2.61. The predicted octanol–water partition coefficient (Wildman–Crippen LogP) is 1.66. The van der Waals surface area contributed by atoms with Crippen LogP contribution >= 0.6 is 0 Å². The summed E-state index contributed by atoms with van der Waals surface area (Å²) in [5.74, 6) is 0. The Bertz CT molecular complexity index is 133. The normalized spacial score (nSPS) is 31.8. The Kier molecular flexibility index (Phi) is 3.62.